The van der Waals surface area contributed by atoms with Crippen molar-refractivity contribution in [2.45, 2.75) is 90.5 Å². The molecule has 0 radical (unpaired) electrons. The van der Waals surface area contributed by atoms with Gasteiger partial charge >= 0.3 is 5.97 Å². The third-order valence-corrected chi connectivity index (χ3v) is 9.30. The molecule has 132 valence electrons. The van der Waals surface area contributed by atoms with Crippen LogP contribution in [0.15, 0.2) is 11.8 Å². The van der Waals surface area contributed by atoms with E-state index in [0.29, 0.717) is 12.2 Å². The highest BCUT2D eigenvalue weighted by Crippen LogP contribution is 2.39. The molecule has 0 saturated carbocycles. The Kier molecular flexibility index (Phi) is 7.20. The van der Waals surface area contributed by atoms with Gasteiger partial charge in [0, 0.05) is 12.8 Å². The lowest BCUT2D eigenvalue weighted by molar-refractivity contribution is -0.151. The summed E-state index contributed by atoms with van der Waals surface area (Å²) in [6.45, 7) is 13.1. The molecule has 0 fully saturated rings. The molecule has 23 heavy (non-hydrogen) atoms. The molecule has 0 amide bonds. The maximum Gasteiger partial charge on any atom is 0.379 e. The van der Waals surface area contributed by atoms with Crippen LogP contribution in [-0.4, -0.2) is 26.2 Å². The monoisotopic (exact) mass is 340 g/mol. The number of hydrogen-bond acceptors (Lipinski definition) is 4. The quantitative estimate of drug-likeness (QED) is 0.277. The number of unbranched alkanes of at least 4 members (excludes halogenated alkanes) is 2. The Morgan fingerprint density at radius 1 is 1.26 bits per heavy atom. The van der Waals surface area contributed by atoms with E-state index in [4.69, 9.17) is 9.16 Å². The van der Waals surface area contributed by atoms with Crippen molar-refractivity contribution in [3.8, 4) is 0 Å². The number of ether oxygens (including phenoxy) is 1. The number of carbonyl (C=O) groups is 2. The van der Waals surface area contributed by atoms with E-state index in [9.17, 15) is 9.59 Å². The van der Waals surface area contributed by atoms with Gasteiger partial charge in [-0.2, -0.15) is 0 Å². The number of esters is 1. The smallest absolute Gasteiger partial charge is 0.379 e. The molecule has 0 saturated heterocycles. The maximum atomic E-state index is 11.8. The molecule has 1 aliphatic rings. The van der Waals surface area contributed by atoms with Crippen molar-refractivity contribution in [1.82, 2.24) is 0 Å². The fourth-order valence-electron chi connectivity index (χ4n) is 2.23. The predicted octanol–water partition coefficient (Wildman–Crippen LogP) is 4.75. The Bertz CT molecular complexity index is 460. The van der Waals surface area contributed by atoms with Crippen molar-refractivity contribution in [3.05, 3.63) is 11.8 Å². The normalized spacial score (nSPS) is 18.7. The minimum absolute atomic E-state index is 0.0638. The van der Waals surface area contributed by atoms with Crippen LogP contribution in [0.3, 0.4) is 0 Å². The molecule has 1 rings (SSSR count). The van der Waals surface area contributed by atoms with Gasteiger partial charge < -0.3 is 9.16 Å². The molecular weight excluding hydrogens is 308 g/mol. The summed E-state index contributed by atoms with van der Waals surface area (Å²) in [5.41, 5.74) is 0. The summed E-state index contributed by atoms with van der Waals surface area (Å²) in [5, 5.41) is 0.154. The summed E-state index contributed by atoms with van der Waals surface area (Å²) in [7, 11) is -1.82. The van der Waals surface area contributed by atoms with Gasteiger partial charge in [-0.15, -0.1) is 0 Å². The molecule has 0 spiro atoms. The minimum atomic E-state index is -1.82. The van der Waals surface area contributed by atoms with Crippen LogP contribution < -0.4 is 0 Å². The third-order valence-electron chi connectivity index (χ3n) is 4.76. The molecule has 0 N–H and O–H groups in total. The molecule has 0 aromatic rings. The Labute approximate surface area is 141 Å². The standard InChI is InChI=1S/C18H32O4Si/c1-7-8-9-10-16(19)17(20)21-14-11-12-15(13-14)22-23(5,6)18(2,3)4/h11,15H,7-10,12-13H2,1-6H3. The van der Waals surface area contributed by atoms with Gasteiger partial charge in [0.05, 0.1) is 6.10 Å². The van der Waals surface area contributed by atoms with Crippen LogP contribution >= 0.6 is 0 Å². The van der Waals surface area contributed by atoms with Crippen LogP contribution in [0.2, 0.25) is 18.1 Å². The molecule has 1 atom stereocenters. The number of carbonyl (C=O) groups excluding carboxylic acids is 2. The number of Topliss-reactive ketones (excluding diaryl/α,β-unsaturated/α-hetero) is 1. The maximum absolute atomic E-state index is 11.8. The largest absolute Gasteiger partial charge is 0.426 e. The summed E-state index contributed by atoms with van der Waals surface area (Å²) < 4.78 is 11.6. The summed E-state index contributed by atoms with van der Waals surface area (Å²) in [5.74, 6) is -0.559. The molecule has 0 bridgehead atoms. The zero-order valence-corrected chi connectivity index (χ0v) is 16.5. The van der Waals surface area contributed by atoms with Crippen molar-refractivity contribution < 1.29 is 18.8 Å². The van der Waals surface area contributed by atoms with E-state index in [1.165, 1.54) is 0 Å². The van der Waals surface area contributed by atoms with Crippen molar-refractivity contribution in [3.63, 3.8) is 0 Å². The second-order valence-electron chi connectivity index (χ2n) is 7.88. The van der Waals surface area contributed by atoms with Crippen molar-refractivity contribution in [2.75, 3.05) is 0 Å². The van der Waals surface area contributed by atoms with Gasteiger partial charge in [-0.3, -0.25) is 4.79 Å². The molecule has 0 aromatic heterocycles. The van der Waals surface area contributed by atoms with Crippen LogP contribution in [-0.2, 0) is 18.8 Å². The first-order valence-electron chi connectivity index (χ1n) is 8.68. The first-order valence-corrected chi connectivity index (χ1v) is 11.6. The first-order chi connectivity index (χ1) is 10.6. The minimum Gasteiger partial charge on any atom is -0.426 e. The van der Waals surface area contributed by atoms with Gasteiger partial charge in [-0.1, -0.05) is 40.5 Å². The topological polar surface area (TPSA) is 52.6 Å². The Hall–Kier alpha value is -0.943. The molecule has 4 nitrogen and oxygen atoms in total. The summed E-state index contributed by atoms with van der Waals surface area (Å²) in [6, 6.07) is 0. The highest BCUT2D eigenvalue weighted by atomic mass is 28.4. The van der Waals surface area contributed by atoms with Crippen molar-refractivity contribution >= 4 is 20.1 Å². The molecule has 0 aromatic carbocycles. The van der Waals surface area contributed by atoms with E-state index in [2.05, 4.69) is 40.8 Å². The highest BCUT2D eigenvalue weighted by Gasteiger charge is 2.40. The Morgan fingerprint density at radius 3 is 2.48 bits per heavy atom. The van der Waals surface area contributed by atoms with E-state index in [-0.39, 0.29) is 17.6 Å². The lowest BCUT2D eigenvalue weighted by Gasteiger charge is -2.38. The third kappa shape index (κ3) is 6.22. The zero-order valence-electron chi connectivity index (χ0n) is 15.5. The van der Waals surface area contributed by atoms with Crippen LogP contribution in [0.1, 0.15) is 66.2 Å². The second kappa shape index (κ2) is 8.24. The van der Waals surface area contributed by atoms with Gasteiger partial charge in [-0.25, -0.2) is 4.79 Å². The molecule has 1 unspecified atom stereocenters. The molecule has 1 aliphatic carbocycles. The summed E-state index contributed by atoms with van der Waals surface area (Å²) >= 11 is 0. The van der Waals surface area contributed by atoms with Crippen LogP contribution in [0.4, 0.5) is 0 Å². The summed E-state index contributed by atoms with van der Waals surface area (Å²) in [4.78, 5) is 23.5. The average Bonchev–Trinajstić information content (AvgIpc) is 2.84. The van der Waals surface area contributed by atoms with Crippen LogP contribution in [0.5, 0.6) is 0 Å². The van der Waals surface area contributed by atoms with E-state index in [1.54, 1.807) is 0 Å². The number of ketones is 1. The Balaban J connectivity index is 2.42. The lowest BCUT2D eigenvalue weighted by Crippen LogP contribution is -2.43. The highest BCUT2D eigenvalue weighted by molar-refractivity contribution is 6.74. The molecule has 5 heteroatoms. The van der Waals surface area contributed by atoms with Crippen LogP contribution in [0.25, 0.3) is 0 Å². The first kappa shape index (κ1) is 20.1. The molecular formula is C18H32O4Si. The second-order valence-corrected chi connectivity index (χ2v) is 12.6. The predicted molar refractivity (Wildman–Crippen MR) is 94.6 cm³/mol. The van der Waals surface area contributed by atoms with E-state index in [1.807, 2.05) is 6.08 Å². The molecule has 0 aliphatic heterocycles. The van der Waals surface area contributed by atoms with Gasteiger partial charge in [0.25, 0.3) is 0 Å². The van der Waals surface area contributed by atoms with E-state index in [0.717, 1.165) is 25.7 Å². The van der Waals surface area contributed by atoms with Gasteiger partial charge in [-0.05, 0) is 37.0 Å². The Morgan fingerprint density at radius 2 is 1.91 bits per heavy atom. The van der Waals surface area contributed by atoms with E-state index >= 15 is 0 Å². The fourth-order valence-corrected chi connectivity index (χ4v) is 3.60. The van der Waals surface area contributed by atoms with Gasteiger partial charge in [0.15, 0.2) is 8.32 Å². The average molecular weight is 341 g/mol. The van der Waals surface area contributed by atoms with E-state index < -0.39 is 20.1 Å². The zero-order chi connectivity index (χ0) is 17.7. The SMILES string of the molecule is CCCCCC(=O)C(=O)OC1=CCC(O[Si](C)(C)C(C)(C)C)C1. The summed E-state index contributed by atoms with van der Waals surface area (Å²) in [6.07, 6.45) is 6.30. The van der Waals surface area contributed by atoms with Gasteiger partial charge in [0.2, 0.25) is 5.78 Å². The fraction of sp³-hybridized carbons (Fsp3) is 0.778. The number of rotatable bonds is 8. The van der Waals surface area contributed by atoms with Gasteiger partial charge in [0.1, 0.15) is 5.76 Å². The lowest BCUT2D eigenvalue weighted by atomic mass is 10.1. The molecule has 0 heterocycles. The van der Waals surface area contributed by atoms with Crippen molar-refractivity contribution in [1.29, 1.82) is 0 Å². The number of hydrogen-bond donors (Lipinski definition) is 0. The van der Waals surface area contributed by atoms with Crippen molar-refractivity contribution in [2.24, 2.45) is 0 Å². The van der Waals surface area contributed by atoms with Crippen LogP contribution in [0, 0.1) is 0 Å².